The second kappa shape index (κ2) is 5.21. The lowest BCUT2D eigenvalue weighted by molar-refractivity contribution is -0.386. The van der Waals surface area contributed by atoms with Crippen LogP contribution in [0.5, 0.6) is 0 Å². The number of rotatable bonds is 1. The van der Waals surface area contributed by atoms with E-state index in [2.05, 4.69) is 0 Å². The number of carbonyl (C=O) groups excluding carboxylic acids is 1. The summed E-state index contributed by atoms with van der Waals surface area (Å²) in [5.74, 6) is -0.0315. The number of hydrogen-bond acceptors (Lipinski definition) is 3. The van der Waals surface area contributed by atoms with Gasteiger partial charge in [-0.25, -0.2) is 0 Å². The van der Waals surface area contributed by atoms with Gasteiger partial charge in [0.15, 0.2) is 0 Å². The van der Waals surface area contributed by atoms with E-state index < -0.39 is 0 Å². The second-order valence-corrected chi connectivity index (χ2v) is 5.50. The monoisotopic (exact) mass is 360 g/mol. The summed E-state index contributed by atoms with van der Waals surface area (Å²) in [4.78, 5) is 24.0. The first kappa shape index (κ1) is 13.3. The molecule has 0 saturated heterocycles. The van der Waals surface area contributed by atoms with Crippen molar-refractivity contribution in [1.29, 1.82) is 0 Å². The van der Waals surface area contributed by atoms with Crippen LogP contribution in [0.25, 0.3) is 0 Å². The third kappa shape index (κ3) is 2.47. The number of hydrogen-bond donors (Lipinski definition) is 0. The third-order valence-electron chi connectivity index (χ3n) is 3.18. The average molecular weight is 360 g/mol. The molecule has 0 spiro atoms. The highest BCUT2D eigenvalue weighted by Crippen LogP contribution is 2.32. The van der Waals surface area contributed by atoms with E-state index in [0.29, 0.717) is 22.2 Å². The molecule has 0 radical (unpaired) electrons. The number of nitrogens with zero attached hydrogens (tertiary/aromatic N) is 2. The molecule has 5 nitrogen and oxygen atoms in total. The molecule has 1 amide bonds. The highest BCUT2D eigenvalue weighted by atomic mass is 127. The second-order valence-electron chi connectivity index (χ2n) is 4.33. The first-order chi connectivity index (χ1) is 8.50. The van der Waals surface area contributed by atoms with Gasteiger partial charge in [-0.2, -0.15) is 0 Å². The summed E-state index contributed by atoms with van der Waals surface area (Å²) < 4.78 is 0.627. The van der Waals surface area contributed by atoms with E-state index in [4.69, 9.17) is 0 Å². The van der Waals surface area contributed by atoms with Crippen LogP contribution < -0.4 is 0 Å². The lowest BCUT2D eigenvalue weighted by atomic mass is 10.0. The Kier molecular flexibility index (Phi) is 3.84. The lowest BCUT2D eigenvalue weighted by Gasteiger charge is -2.18. The van der Waals surface area contributed by atoms with Crippen molar-refractivity contribution in [2.24, 2.45) is 0 Å². The minimum absolute atomic E-state index is 0.0315. The molecule has 2 rings (SSSR count). The van der Waals surface area contributed by atoms with Crippen molar-refractivity contribution in [3.8, 4) is 0 Å². The van der Waals surface area contributed by atoms with Gasteiger partial charge in [-0.15, -0.1) is 0 Å². The largest absolute Gasteiger partial charge is 0.338 e. The molecule has 1 aliphatic rings. The predicted octanol–water partition coefficient (Wildman–Crippen LogP) is 2.49. The van der Waals surface area contributed by atoms with E-state index in [9.17, 15) is 14.9 Å². The quantitative estimate of drug-likeness (QED) is 0.439. The van der Waals surface area contributed by atoms with Crippen LogP contribution in [0.1, 0.15) is 24.5 Å². The van der Waals surface area contributed by atoms with Crippen LogP contribution in [0.2, 0.25) is 0 Å². The topological polar surface area (TPSA) is 63.5 Å². The van der Waals surface area contributed by atoms with E-state index in [1.54, 1.807) is 11.0 Å². The normalized spacial score (nSPS) is 14.9. The Labute approximate surface area is 118 Å². The van der Waals surface area contributed by atoms with Crippen LogP contribution in [-0.4, -0.2) is 22.3 Å². The summed E-state index contributed by atoms with van der Waals surface area (Å²) in [5, 5.41) is 11.2. The molecule has 1 aromatic rings. The number of nitro groups is 1. The molecule has 1 aromatic carbocycles. The SMILES string of the molecule is CC(=O)N1CCCc2ccc(I)c([N+](=O)[O-])c2C1. The van der Waals surface area contributed by atoms with Crippen molar-refractivity contribution in [1.82, 2.24) is 4.90 Å². The van der Waals surface area contributed by atoms with Gasteiger partial charge >= 0.3 is 0 Å². The molecule has 6 heteroatoms. The van der Waals surface area contributed by atoms with Gasteiger partial charge in [-0.1, -0.05) is 6.07 Å². The highest BCUT2D eigenvalue weighted by molar-refractivity contribution is 14.1. The van der Waals surface area contributed by atoms with Crippen LogP contribution in [0.15, 0.2) is 12.1 Å². The summed E-state index contributed by atoms with van der Waals surface area (Å²) in [5.41, 5.74) is 1.84. The summed E-state index contributed by atoms with van der Waals surface area (Å²) in [6, 6.07) is 3.72. The van der Waals surface area contributed by atoms with Gasteiger partial charge in [0.05, 0.1) is 20.6 Å². The Morgan fingerprint density at radius 2 is 2.22 bits per heavy atom. The van der Waals surface area contributed by atoms with E-state index in [1.165, 1.54) is 6.92 Å². The maximum atomic E-state index is 11.5. The van der Waals surface area contributed by atoms with Crippen LogP contribution in [0, 0.1) is 13.7 Å². The third-order valence-corrected chi connectivity index (χ3v) is 4.05. The highest BCUT2D eigenvalue weighted by Gasteiger charge is 2.26. The summed E-state index contributed by atoms with van der Waals surface area (Å²) >= 11 is 1.97. The molecule has 0 saturated carbocycles. The Morgan fingerprint density at radius 1 is 1.50 bits per heavy atom. The fourth-order valence-electron chi connectivity index (χ4n) is 2.26. The van der Waals surface area contributed by atoms with Gasteiger partial charge in [0.2, 0.25) is 5.91 Å². The minimum Gasteiger partial charge on any atom is -0.338 e. The Hall–Kier alpha value is -1.18. The Balaban J connectivity index is 2.52. The van der Waals surface area contributed by atoms with Crippen molar-refractivity contribution in [2.75, 3.05) is 6.54 Å². The van der Waals surface area contributed by atoms with Gasteiger partial charge in [0, 0.05) is 13.5 Å². The molecule has 0 atom stereocenters. The average Bonchev–Trinajstić information content (AvgIpc) is 2.50. The molecule has 0 fully saturated rings. The van der Waals surface area contributed by atoms with Crippen LogP contribution >= 0.6 is 22.6 Å². The molecular weight excluding hydrogens is 347 g/mol. The summed E-state index contributed by atoms with van der Waals surface area (Å²) in [6.07, 6.45) is 1.64. The summed E-state index contributed by atoms with van der Waals surface area (Å²) in [7, 11) is 0. The number of benzene rings is 1. The van der Waals surface area contributed by atoms with Gasteiger partial charge < -0.3 is 4.90 Å². The van der Waals surface area contributed by atoms with Gasteiger partial charge in [0.1, 0.15) is 0 Å². The molecule has 1 heterocycles. The molecule has 0 aliphatic carbocycles. The lowest BCUT2D eigenvalue weighted by Crippen LogP contribution is -2.28. The van der Waals surface area contributed by atoms with Crippen molar-refractivity contribution < 1.29 is 9.72 Å². The fourth-order valence-corrected chi connectivity index (χ4v) is 2.96. The van der Waals surface area contributed by atoms with Gasteiger partial charge in [-0.05, 0) is 47.1 Å². The fraction of sp³-hybridized carbons (Fsp3) is 0.417. The van der Waals surface area contributed by atoms with Crippen molar-refractivity contribution in [3.63, 3.8) is 0 Å². The van der Waals surface area contributed by atoms with E-state index >= 15 is 0 Å². The molecule has 18 heavy (non-hydrogen) atoms. The molecular formula is C12H13IN2O3. The maximum Gasteiger partial charge on any atom is 0.287 e. The number of fused-ring (bicyclic) bond motifs is 1. The zero-order valence-corrected chi connectivity index (χ0v) is 12.1. The molecule has 0 bridgehead atoms. The number of carbonyl (C=O) groups is 1. The van der Waals surface area contributed by atoms with E-state index in [-0.39, 0.29) is 16.5 Å². The Morgan fingerprint density at radius 3 is 2.83 bits per heavy atom. The first-order valence-corrected chi connectivity index (χ1v) is 6.78. The smallest absolute Gasteiger partial charge is 0.287 e. The molecule has 0 N–H and O–H groups in total. The number of aryl methyl sites for hydroxylation is 1. The summed E-state index contributed by atoms with van der Waals surface area (Å²) in [6.45, 7) is 2.51. The number of nitro benzene ring substituents is 1. The van der Waals surface area contributed by atoms with E-state index in [0.717, 1.165) is 18.4 Å². The van der Waals surface area contributed by atoms with Crippen LogP contribution in [0.4, 0.5) is 5.69 Å². The van der Waals surface area contributed by atoms with Crippen LogP contribution in [-0.2, 0) is 17.8 Å². The molecule has 1 aliphatic heterocycles. The molecule has 96 valence electrons. The standard InChI is InChI=1S/C12H13IN2O3/c1-8(16)14-6-2-3-9-4-5-11(13)12(15(17)18)10(9)7-14/h4-5H,2-3,6-7H2,1H3. The van der Waals surface area contributed by atoms with Crippen molar-refractivity contribution in [2.45, 2.75) is 26.3 Å². The molecule has 0 unspecified atom stereocenters. The number of halogens is 1. The zero-order chi connectivity index (χ0) is 13.3. The minimum atomic E-state index is -0.343. The van der Waals surface area contributed by atoms with Gasteiger partial charge in [-0.3, -0.25) is 14.9 Å². The van der Waals surface area contributed by atoms with Gasteiger partial charge in [0.25, 0.3) is 5.69 Å². The van der Waals surface area contributed by atoms with E-state index in [1.807, 2.05) is 28.7 Å². The first-order valence-electron chi connectivity index (χ1n) is 5.71. The predicted molar refractivity (Wildman–Crippen MR) is 75.2 cm³/mol. The van der Waals surface area contributed by atoms with Crippen LogP contribution in [0.3, 0.4) is 0 Å². The molecule has 0 aromatic heterocycles. The Bertz CT molecular complexity index is 516. The zero-order valence-electron chi connectivity index (χ0n) is 9.98. The van der Waals surface area contributed by atoms with Crippen molar-refractivity contribution in [3.05, 3.63) is 36.9 Å². The van der Waals surface area contributed by atoms with Crippen molar-refractivity contribution >= 4 is 34.2 Å². The maximum absolute atomic E-state index is 11.5. The number of amides is 1.